The van der Waals surface area contributed by atoms with Gasteiger partial charge < -0.3 is 9.30 Å². The standard InChI is InChI=1S/C17H20ClNO/c18-15-5-3-4-13-7-11-19(16(13)15)12-14-6-10-17(20-14)8-1-2-9-17/h3-5,7,11,14H,1-2,6,8-10,12H2. The van der Waals surface area contributed by atoms with Gasteiger partial charge in [-0.3, -0.25) is 0 Å². The Hall–Kier alpha value is -0.990. The molecule has 1 spiro atoms. The Kier molecular flexibility index (Phi) is 3.04. The van der Waals surface area contributed by atoms with Crippen LogP contribution in [0.4, 0.5) is 0 Å². The number of rotatable bonds is 2. The van der Waals surface area contributed by atoms with Gasteiger partial charge in [-0.2, -0.15) is 0 Å². The Bertz CT molecular complexity index is 627. The molecule has 20 heavy (non-hydrogen) atoms. The third-order valence-electron chi connectivity index (χ3n) is 4.99. The van der Waals surface area contributed by atoms with Crippen LogP contribution in [-0.4, -0.2) is 16.3 Å². The van der Waals surface area contributed by atoms with E-state index in [0.717, 1.165) is 17.1 Å². The van der Waals surface area contributed by atoms with Gasteiger partial charge in [0, 0.05) is 18.1 Å². The molecule has 0 amide bonds. The molecule has 1 saturated heterocycles. The van der Waals surface area contributed by atoms with Crippen LogP contribution in [0, 0.1) is 0 Å². The Morgan fingerprint density at radius 2 is 2.05 bits per heavy atom. The van der Waals surface area contributed by atoms with Gasteiger partial charge in [0.1, 0.15) is 0 Å². The molecule has 1 atom stereocenters. The van der Waals surface area contributed by atoms with Crippen molar-refractivity contribution in [3.05, 3.63) is 35.5 Å². The van der Waals surface area contributed by atoms with E-state index in [1.54, 1.807) is 0 Å². The molecular formula is C17H20ClNO. The normalized spacial score (nSPS) is 24.9. The average Bonchev–Trinajstić information content (AvgIpc) is 3.14. The summed E-state index contributed by atoms with van der Waals surface area (Å²) in [5, 5.41) is 2.05. The van der Waals surface area contributed by atoms with Crippen LogP contribution in [0.3, 0.4) is 0 Å². The maximum Gasteiger partial charge on any atom is 0.0762 e. The van der Waals surface area contributed by atoms with Crippen molar-refractivity contribution >= 4 is 22.5 Å². The van der Waals surface area contributed by atoms with Crippen LogP contribution in [0.5, 0.6) is 0 Å². The molecule has 2 heterocycles. The van der Waals surface area contributed by atoms with Crippen LogP contribution in [0.25, 0.3) is 10.9 Å². The highest BCUT2D eigenvalue weighted by atomic mass is 35.5. The van der Waals surface area contributed by atoms with E-state index in [1.165, 1.54) is 43.9 Å². The van der Waals surface area contributed by atoms with Gasteiger partial charge in [-0.05, 0) is 37.8 Å². The summed E-state index contributed by atoms with van der Waals surface area (Å²) >= 11 is 6.35. The molecule has 2 nitrogen and oxygen atoms in total. The number of fused-ring (bicyclic) bond motifs is 1. The van der Waals surface area contributed by atoms with Gasteiger partial charge >= 0.3 is 0 Å². The summed E-state index contributed by atoms with van der Waals surface area (Å²) in [5.41, 5.74) is 1.36. The zero-order chi connectivity index (χ0) is 13.6. The number of halogens is 1. The molecule has 1 aromatic heterocycles. The lowest BCUT2D eigenvalue weighted by Gasteiger charge is -2.24. The van der Waals surface area contributed by atoms with Crippen molar-refractivity contribution in [2.75, 3.05) is 0 Å². The first-order chi connectivity index (χ1) is 9.76. The first-order valence-electron chi connectivity index (χ1n) is 7.67. The second-order valence-corrected chi connectivity index (χ2v) is 6.72. The molecule has 2 fully saturated rings. The predicted octanol–water partition coefficient (Wildman–Crippen LogP) is 4.79. The smallest absolute Gasteiger partial charge is 0.0762 e. The fraction of sp³-hybridized carbons (Fsp3) is 0.529. The van der Waals surface area contributed by atoms with Crippen LogP contribution >= 0.6 is 11.6 Å². The lowest BCUT2D eigenvalue weighted by molar-refractivity contribution is -0.0414. The highest BCUT2D eigenvalue weighted by Crippen LogP contribution is 2.43. The third-order valence-corrected chi connectivity index (χ3v) is 5.30. The largest absolute Gasteiger partial charge is 0.370 e. The minimum atomic E-state index is 0.220. The number of para-hydroxylation sites is 1. The van der Waals surface area contributed by atoms with E-state index in [4.69, 9.17) is 16.3 Å². The minimum absolute atomic E-state index is 0.220. The quantitative estimate of drug-likeness (QED) is 0.775. The Balaban J connectivity index is 1.57. The van der Waals surface area contributed by atoms with Crippen LogP contribution in [0.2, 0.25) is 5.02 Å². The van der Waals surface area contributed by atoms with Crippen molar-refractivity contribution in [2.45, 2.75) is 56.8 Å². The molecule has 2 aromatic rings. The number of benzene rings is 1. The maximum atomic E-state index is 6.41. The molecule has 2 aliphatic rings. The molecule has 1 aliphatic heterocycles. The van der Waals surface area contributed by atoms with Crippen molar-refractivity contribution in [3.63, 3.8) is 0 Å². The van der Waals surface area contributed by atoms with Gasteiger partial charge in [0.2, 0.25) is 0 Å². The lowest BCUT2D eigenvalue weighted by atomic mass is 9.98. The van der Waals surface area contributed by atoms with Gasteiger partial charge in [-0.1, -0.05) is 36.6 Å². The zero-order valence-electron chi connectivity index (χ0n) is 11.6. The number of nitrogens with zero attached hydrogens (tertiary/aromatic N) is 1. The SMILES string of the molecule is Clc1cccc2ccn(CC3CCC4(CCCC4)O3)c12. The Morgan fingerprint density at radius 1 is 1.20 bits per heavy atom. The molecule has 1 unspecified atom stereocenters. The summed E-state index contributed by atoms with van der Waals surface area (Å²) in [6, 6.07) is 8.23. The minimum Gasteiger partial charge on any atom is -0.370 e. The summed E-state index contributed by atoms with van der Waals surface area (Å²) in [7, 11) is 0. The van der Waals surface area contributed by atoms with Gasteiger partial charge in [0.15, 0.2) is 0 Å². The third kappa shape index (κ3) is 2.06. The van der Waals surface area contributed by atoms with Crippen molar-refractivity contribution in [2.24, 2.45) is 0 Å². The van der Waals surface area contributed by atoms with Gasteiger partial charge in [0.05, 0.1) is 22.2 Å². The number of hydrogen-bond donors (Lipinski definition) is 0. The molecule has 0 N–H and O–H groups in total. The van der Waals surface area contributed by atoms with E-state index in [1.807, 2.05) is 12.1 Å². The summed E-state index contributed by atoms with van der Waals surface area (Å²) in [5.74, 6) is 0. The van der Waals surface area contributed by atoms with Crippen LogP contribution in [0.1, 0.15) is 38.5 Å². The number of aromatic nitrogens is 1. The van der Waals surface area contributed by atoms with Gasteiger partial charge in [0.25, 0.3) is 0 Å². The van der Waals surface area contributed by atoms with E-state index in [9.17, 15) is 0 Å². The molecule has 1 saturated carbocycles. The topological polar surface area (TPSA) is 14.2 Å². The molecule has 4 rings (SSSR count). The molecule has 1 aromatic carbocycles. The monoisotopic (exact) mass is 289 g/mol. The molecule has 0 radical (unpaired) electrons. The molecular weight excluding hydrogens is 270 g/mol. The number of hydrogen-bond acceptors (Lipinski definition) is 1. The van der Waals surface area contributed by atoms with Crippen LogP contribution < -0.4 is 0 Å². The highest BCUT2D eigenvalue weighted by Gasteiger charge is 2.42. The summed E-state index contributed by atoms with van der Waals surface area (Å²) in [6.07, 6.45) is 10.1. The Labute approximate surface area is 124 Å². The van der Waals surface area contributed by atoms with Crippen molar-refractivity contribution < 1.29 is 4.74 Å². The second kappa shape index (κ2) is 4.78. The van der Waals surface area contributed by atoms with Crippen molar-refractivity contribution in [1.29, 1.82) is 0 Å². The molecule has 1 aliphatic carbocycles. The van der Waals surface area contributed by atoms with E-state index in [-0.39, 0.29) is 5.60 Å². The van der Waals surface area contributed by atoms with Gasteiger partial charge in [-0.15, -0.1) is 0 Å². The number of ether oxygens (including phenoxy) is 1. The lowest BCUT2D eigenvalue weighted by Crippen LogP contribution is -2.26. The van der Waals surface area contributed by atoms with Crippen LogP contribution in [0.15, 0.2) is 30.5 Å². The second-order valence-electron chi connectivity index (χ2n) is 6.31. The van der Waals surface area contributed by atoms with Crippen molar-refractivity contribution in [3.8, 4) is 0 Å². The summed E-state index contributed by atoms with van der Waals surface area (Å²) in [6.45, 7) is 0.926. The molecule has 0 bridgehead atoms. The first kappa shape index (κ1) is 12.7. The van der Waals surface area contributed by atoms with E-state index < -0.39 is 0 Å². The summed E-state index contributed by atoms with van der Waals surface area (Å²) in [4.78, 5) is 0. The fourth-order valence-corrected chi connectivity index (χ4v) is 4.29. The van der Waals surface area contributed by atoms with E-state index in [0.29, 0.717) is 6.10 Å². The van der Waals surface area contributed by atoms with Crippen molar-refractivity contribution in [1.82, 2.24) is 4.57 Å². The average molecular weight is 290 g/mol. The first-order valence-corrected chi connectivity index (χ1v) is 8.05. The van der Waals surface area contributed by atoms with Crippen LogP contribution in [-0.2, 0) is 11.3 Å². The molecule has 3 heteroatoms. The fourth-order valence-electron chi connectivity index (χ4n) is 4.00. The zero-order valence-corrected chi connectivity index (χ0v) is 12.4. The highest BCUT2D eigenvalue weighted by molar-refractivity contribution is 6.35. The Morgan fingerprint density at radius 3 is 2.90 bits per heavy atom. The van der Waals surface area contributed by atoms with E-state index >= 15 is 0 Å². The maximum absolute atomic E-state index is 6.41. The van der Waals surface area contributed by atoms with Gasteiger partial charge in [-0.25, -0.2) is 0 Å². The summed E-state index contributed by atoms with van der Waals surface area (Å²) < 4.78 is 8.67. The predicted molar refractivity (Wildman–Crippen MR) is 82.3 cm³/mol. The molecule has 106 valence electrons. The van der Waals surface area contributed by atoms with E-state index in [2.05, 4.69) is 22.9 Å².